The first kappa shape index (κ1) is 36.5. The molecule has 2 heterocycles. The number of carbonyl (C=O) groups excluding carboxylic acids is 6. The SMILES string of the molecule is C/C=C\NC(=O)[C@H]1NC(=O)[C@H](CC(N)=O)NC(=O)[C@@H](NC(=O)C(=O)[C@@H](C)CC)Cc2ccc(O)c(c2)-c2cccc3c2NC(O)[C@@]3(O)[C@@H]1O. The fourth-order valence-corrected chi connectivity index (χ4v) is 5.72. The number of carbonyl (C=O) groups is 6. The molecule has 6 bridgehead atoms. The van der Waals surface area contributed by atoms with Gasteiger partial charge in [-0.3, -0.25) is 28.8 Å². The second-order valence-electron chi connectivity index (χ2n) is 12.0. The molecule has 0 fully saturated rings. The molecule has 2 aromatic rings. The molecule has 7 atom stereocenters. The van der Waals surface area contributed by atoms with E-state index in [0.29, 0.717) is 12.0 Å². The Morgan fingerprint density at radius 1 is 1.06 bits per heavy atom. The van der Waals surface area contributed by atoms with Gasteiger partial charge in [-0.1, -0.05) is 44.2 Å². The minimum absolute atomic E-state index is 0.0726. The Bertz CT molecular complexity index is 1700. The zero-order chi connectivity index (χ0) is 36.2. The predicted molar refractivity (Wildman–Crippen MR) is 174 cm³/mol. The molecule has 16 nitrogen and oxygen atoms in total. The first-order chi connectivity index (χ1) is 23.1. The maximum absolute atomic E-state index is 13.7. The number of primary amides is 1. The average molecular weight is 681 g/mol. The molecule has 0 spiro atoms. The van der Waals surface area contributed by atoms with E-state index in [1.807, 2.05) is 0 Å². The molecule has 16 heteroatoms. The van der Waals surface area contributed by atoms with Crippen molar-refractivity contribution in [3.63, 3.8) is 0 Å². The van der Waals surface area contributed by atoms with Gasteiger partial charge in [-0.05, 0) is 37.2 Å². The van der Waals surface area contributed by atoms with E-state index in [1.165, 1.54) is 42.6 Å². The summed E-state index contributed by atoms with van der Waals surface area (Å²) in [7, 11) is 0. The minimum Gasteiger partial charge on any atom is -0.507 e. The summed E-state index contributed by atoms with van der Waals surface area (Å²) in [5.41, 5.74) is 3.48. The molecule has 262 valence electrons. The molecule has 0 saturated heterocycles. The fourth-order valence-electron chi connectivity index (χ4n) is 5.72. The lowest BCUT2D eigenvalue weighted by Crippen LogP contribution is -2.64. The van der Waals surface area contributed by atoms with Crippen LogP contribution in [0.5, 0.6) is 5.75 Å². The molecular weight excluding hydrogens is 640 g/mol. The number of aromatic hydroxyl groups is 1. The van der Waals surface area contributed by atoms with Crippen LogP contribution in [0.1, 0.15) is 44.7 Å². The van der Waals surface area contributed by atoms with E-state index in [1.54, 1.807) is 26.8 Å². The summed E-state index contributed by atoms with van der Waals surface area (Å²) in [5, 5.41) is 57.6. The van der Waals surface area contributed by atoms with Crippen LogP contribution in [0.2, 0.25) is 0 Å². The molecule has 0 saturated carbocycles. The number of benzene rings is 2. The summed E-state index contributed by atoms with van der Waals surface area (Å²) < 4.78 is 0. The van der Waals surface area contributed by atoms with Crippen molar-refractivity contribution in [3.8, 4) is 16.9 Å². The second kappa shape index (κ2) is 14.8. The van der Waals surface area contributed by atoms with Gasteiger partial charge in [0, 0.05) is 29.0 Å². The van der Waals surface area contributed by atoms with Crippen LogP contribution in [-0.4, -0.2) is 86.2 Å². The number of anilines is 1. The van der Waals surface area contributed by atoms with E-state index >= 15 is 0 Å². The normalized spacial score (nSPS) is 25.8. The number of nitrogens with one attached hydrogen (secondary N) is 5. The minimum atomic E-state index is -2.64. The summed E-state index contributed by atoms with van der Waals surface area (Å²) in [6.07, 6.45) is -2.32. The Hall–Kier alpha value is -5.32. The van der Waals surface area contributed by atoms with Crippen LogP contribution in [0.3, 0.4) is 0 Å². The van der Waals surface area contributed by atoms with Crippen molar-refractivity contribution >= 4 is 41.0 Å². The first-order valence-corrected chi connectivity index (χ1v) is 15.6. The number of phenols is 1. The standard InChI is InChI=1S/C33H40N6O10/c1-4-11-35-30(46)25-27(43)33(49)19-8-6-7-17(24(19)39-32(33)48)18-12-16(9-10-22(18)40)13-20(37-31(47)26(42)15(3)5-2)28(44)36-21(14-23(34)41)29(45)38-25/h4,6-12,15,20-21,25,27,32,39-40,43,48-49H,5,13-14H2,1-3H3,(H2,34,41)(H,35,46)(H,36,44)(H,37,47)(H,38,45)/b11-4-/t15-,20-,21-,25-,27+,32?,33-/m0/s1. The molecule has 5 amide bonds. The number of amides is 5. The molecule has 2 aliphatic heterocycles. The number of Topliss-reactive ketones (excluding diaryl/α,β-unsaturated/α-hetero) is 1. The van der Waals surface area contributed by atoms with Crippen molar-refractivity contribution in [2.75, 3.05) is 5.32 Å². The number of fused-ring (bicyclic) bond motifs is 3. The molecule has 0 radical (unpaired) electrons. The topological polar surface area (TPSA) is 270 Å². The molecular formula is C33H40N6O10. The molecule has 0 aliphatic carbocycles. The third-order valence-electron chi connectivity index (χ3n) is 8.67. The number of nitrogens with two attached hydrogens (primary N) is 1. The molecule has 0 aromatic heterocycles. The van der Waals surface area contributed by atoms with E-state index in [2.05, 4.69) is 26.6 Å². The molecule has 2 aliphatic rings. The van der Waals surface area contributed by atoms with Crippen molar-refractivity contribution in [2.45, 2.75) is 76.1 Å². The number of hydrogen-bond donors (Lipinski definition) is 10. The predicted octanol–water partition coefficient (Wildman–Crippen LogP) is -1.50. The lowest BCUT2D eigenvalue weighted by Gasteiger charge is -2.36. The highest BCUT2D eigenvalue weighted by atomic mass is 16.4. The summed E-state index contributed by atoms with van der Waals surface area (Å²) in [6, 6.07) is 3.33. The van der Waals surface area contributed by atoms with Crippen LogP contribution >= 0.6 is 0 Å². The monoisotopic (exact) mass is 680 g/mol. The van der Waals surface area contributed by atoms with Crippen LogP contribution in [-0.2, 0) is 40.8 Å². The number of aliphatic hydroxyl groups excluding tert-OH is 2. The number of ketones is 1. The Morgan fingerprint density at radius 3 is 2.43 bits per heavy atom. The number of para-hydroxylation sites is 1. The average Bonchev–Trinajstić information content (AvgIpc) is 3.34. The third-order valence-corrected chi connectivity index (χ3v) is 8.67. The smallest absolute Gasteiger partial charge is 0.288 e. The van der Waals surface area contributed by atoms with Gasteiger partial charge >= 0.3 is 0 Å². The maximum Gasteiger partial charge on any atom is 0.288 e. The molecule has 1 unspecified atom stereocenters. The number of aliphatic hydroxyl groups is 3. The zero-order valence-electron chi connectivity index (χ0n) is 27.0. The molecule has 49 heavy (non-hydrogen) atoms. The highest BCUT2D eigenvalue weighted by Crippen LogP contribution is 2.48. The van der Waals surface area contributed by atoms with E-state index in [0.717, 1.165) is 0 Å². The van der Waals surface area contributed by atoms with Crippen LogP contribution in [0.25, 0.3) is 11.1 Å². The fraction of sp³-hybridized carbons (Fsp3) is 0.394. The van der Waals surface area contributed by atoms with Crippen LogP contribution in [0.15, 0.2) is 48.7 Å². The summed E-state index contributed by atoms with van der Waals surface area (Å²) in [5.74, 6) is -7.07. The van der Waals surface area contributed by atoms with Crippen molar-refractivity contribution in [1.82, 2.24) is 21.3 Å². The van der Waals surface area contributed by atoms with Gasteiger partial charge in [0.1, 0.15) is 30.0 Å². The zero-order valence-corrected chi connectivity index (χ0v) is 27.0. The van der Waals surface area contributed by atoms with Crippen molar-refractivity contribution < 1.29 is 49.2 Å². The van der Waals surface area contributed by atoms with Gasteiger partial charge in [0.2, 0.25) is 29.4 Å². The van der Waals surface area contributed by atoms with Gasteiger partial charge in [-0.2, -0.15) is 0 Å². The highest BCUT2D eigenvalue weighted by Gasteiger charge is 2.55. The van der Waals surface area contributed by atoms with Gasteiger partial charge < -0.3 is 52.7 Å². The maximum atomic E-state index is 13.7. The van der Waals surface area contributed by atoms with Gasteiger partial charge in [-0.25, -0.2) is 0 Å². The first-order valence-electron chi connectivity index (χ1n) is 15.6. The van der Waals surface area contributed by atoms with E-state index in [9.17, 15) is 49.2 Å². The highest BCUT2D eigenvalue weighted by molar-refractivity contribution is 6.37. The van der Waals surface area contributed by atoms with Crippen molar-refractivity contribution in [3.05, 3.63) is 59.8 Å². The van der Waals surface area contributed by atoms with Crippen LogP contribution in [0, 0.1) is 5.92 Å². The van der Waals surface area contributed by atoms with Gasteiger partial charge in [0.25, 0.3) is 5.91 Å². The van der Waals surface area contributed by atoms with Crippen LogP contribution in [0.4, 0.5) is 5.69 Å². The van der Waals surface area contributed by atoms with Gasteiger partial charge in [-0.15, -0.1) is 0 Å². The molecule has 2 aromatic carbocycles. The summed E-state index contributed by atoms with van der Waals surface area (Å²) in [4.78, 5) is 78.4. The van der Waals surface area contributed by atoms with Crippen LogP contribution < -0.4 is 32.3 Å². The summed E-state index contributed by atoms with van der Waals surface area (Å²) >= 11 is 0. The Morgan fingerprint density at radius 2 is 1.78 bits per heavy atom. The van der Waals surface area contributed by atoms with Gasteiger partial charge in [0.05, 0.1) is 12.1 Å². The Labute approximate surface area is 281 Å². The van der Waals surface area contributed by atoms with E-state index in [-0.39, 0.29) is 34.5 Å². The third kappa shape index (κ3) is 7.40. The number of allylic oxidation sites excluding steroid dienone is 1. The lowest BCUT2D eigenvalue weighted by molar-refractivity contribution is -0.160. The number of phenolic OH excluding ortho intramolecular Hbond substituents is 1. The molecule has 4 rings (SSSR count). The molecule has 11 N–H and O–H groups in total. The second-order valence-corrected chi connectivity index (χ2v) is 12.0. The summed E-state index contributed by atoms with van der Waals surface area (Å²) in [6.45, 7) is 4.82. The number of hydrogen-bond acceptors (Lipinski definition) is 11. The Kier molecular flexibility index (Phi) is 11.1. The quantitative estimate of drug-likeness (QED) is 0.143. The lowest BCUT2D eigenvalue weighted by atomic mass is 9.83. The number of rotatable bonds is 8. The van der Waals surface area contributed by atoms with Crippen molar-refractivity contribution in [1.29, 1.82) is 0 Å². The van der Waals surface area contributed by atoms with E-state index in [4.69, 9.17) is 5.73 Å². The van der Waals surface area contributed by atoms with E-state index < -0.39 is 83.7 Å². The van der Waals surface area contributed by atoms with Crippen molar-refractivity contribution in [2.24, 2.45) is 11.7 Å². The largest absolute Gasteiger partial charge is 0.507 e. The van der Waals surface area contributed by atoms with Gasteiger partial charge in [0.15, 0.2) is 11.8 Å². The Balaban J connectivity index is 1.93.